The molecule has 1 aliphatic rings. The third-order valence-corrected chi connectivity index (χ3v) is 10.4. The number of benzene rings is 4. The van der Waals surface area contributed by atoms with Gasteiger partial charge in [0.2, 0.25) is 0 Å². The van der Waals surface area contributed by atoms with Crippen molar-refractivity contribution in [2.45, 2.75) is 65.3 Å². The minimum absolute atomic E-state index is 0.00162. The predicted molar refractivity (Wildman–Crippen MR) is 192 cm³/mol. The highest BCUT2D eigenvalue weighted by atomic mass is 32.2. The number of aliphatic hydroxyl groups excluding tert-OH is 1. The molecule has 0 aliphatic carbocycles. The maximum absolute atomic E-state index is 13.2. The fourth-order valence-corrected chi connectivity index (χ4v) is 7.60. The van der Waals surface area contributed by atoms with Gasteiger partial charge in [0.1, 0.15) is 28.5 Å². The van der Waals surface area contributed by atoms with Crippen LogP contribution in [-0.4, -0.2) is 64.2 Å². The number of fused-ring (bicyclic) bond motifs is 2. The number of aryl methyl sites for hydroxylation is 2. The smallest absolute Gasteiger partial charge is 0.385 e. The Bertz CT molecular complexity index is 2170. The van der Waals surface area contributed by atoms with Crippen LogP contribution in [0.15, 0.2) is 72.8 Å². The van der Waals surface area contributed by atoms with E-state index in [0.29, 0.717) is 41.3 Å². The molecule has 5 aromatic rings. The summed E-state index contributed by atoms with van der Waals surface area (Å²) in [7, 11) is -2.64. The lowest BCUT2D eigenvalue weighted by atomic mass is 9.84. The molecule has 2 N–H and O–H groups in total. The van der Waals surface area contributed by atoms with E-state index in [9.17, 15) is 23.4 Å². The minimum atomic E-state index is -4.15. The van der Waals surface area contributed by atoms with Gasteiger partial charge in [-0.25, -0.2) is 4.68 Å². The molecule has 1 unspecified atom stereocenters. The van der Waals surface area contributed by atoms with Crippen molar-refractivity contribution in [3.63, 3.8) is 0 Å². The van der Waals surface area contributed by atoms with E-state index in [1.165, 1.54) is 29.6 Å². The van der Waals surface area contributed by atoms with Gasteiger partial charge in [-0.05, 0) is 79.8 Å². The molecule has 0 saturated heterocycles. The molecule has 0 fully saturated rings. The van der Waals surface area contributed by atoms with Crippen LogP contribution in [-0.2, 0) is 46.1 Å². The van der Waals surface area contributed by atoms with Crippen molar-refractivity contribution < 1.29 is 41.8 Å². The lowest BCUT2D eigenvalue weighted by Crippen LogP contribution is -2.37. The number of carbonyl (C=O) groups is 1. The molecule has 0 saturated carbocycles. The number of phenolic OH excluding ortho intramolecular Hbond substituents is 1. The van der Waals surface area contributed by atoms with Gasteiger partial charge in [0, 0.05) is 42.2 Å². The number of hydrogen-bond donors (Lipinski definition) is 2. The molecule has 274 valence electrons. The van der Waals surface area contributed by atoms with Crippen molar-refractivity contribution in [3.05, 3.63) is 106 Å². The van der Waals surface area contributed by atoms with Gasteiger partial charge in [-0.15, -0.1) is 5.10 Å². The number of phenols is 1. The molecule has 52 heavy (non-hydrogen) atoms. The summed E-state index contributed by atoms with van der Waals surface area (Å²) in [5.41, 5.74) is 5.90. The van der Waals surface area contributed by atoms with Gasteiger partial charge >= 0.3 is 16.3 Å². The highest BCUT2D eigenvalue weighted by Crippen LogP contribution is 2.38. The summed E-state index contributed by atoms with van der Waals surface area (Å²) in [5, 5.41) is 28.5. The average Bonchev–Trinajstić information content (AvgIpc) is 3.55. The Hall–Kier alpha value is -5.18. The van der Waals surface area contributed by atoms with Gasteiger partial charge in [0.25, 0.3) is 0 Å². The first-order valence-electron chi connectivity index (χ1n) is 17.1. The Morgan fingerprint density at radius 1 is 1.02 bits per heavy atom. The number of esters is 1. The second kappa shape index (κ2) is 16.0. The van der Waals surface area contributed by atoms with Crippen LogP contribution in [0.3, 0.4) is 0 Å². The number of aromatic nitrogens is 3. The number of aromatic hydroxyl groups is 1. The summed E-state index contributed by atoms with van der Waals surface area (Å²) in [6, 6.07) is 21.1. The van der Waals surface area contributed by atoms with Crippen LogP contribution < -0.4 is 13.7 Å². The van der Waals surface area contributed by atoms with Gasteiger partial charge in [0.15, 0.2) is 0 Å². The van der Waals surface area contributed by atoms with E-state index in [2.05, 4.69) is 10.3 Å². The summed E-state index contributed by atoms with van der Waals surface area (Å²) in [4.78, 5) is 13.0. The number of para-hydroxylation sites is 1. The van der Waals surface area contributed by atoms with Crippen molar-refractivity contribution in [2.75, 3.05) is 20.3 Å². The average molecular weight is 731 g/mol. The van der Waals surface area contributed by atoms with Crippen LogP contribution in [0, 0.1) is 6.92 Å². The quantitative estimate of drug-likeness (QED) is 0.103. The standard InChI is InChI=1S/C38H42N4O9S/c1-4-49-37(45)21-32(26-11-15-34(48-3)28(19-26)22-41-23-29-20-30(44)12-16-36(29)51-52(41,46)47)31-13-14-33-38(25(31)2)39-40-42(33)17-7-8-18-50-35-10-6-5-9-27(35)24-43/h5-6,9-16,19-20,32,43-44H,4,7-8,17-18,21-24H2,1-3H3. The second-order valence-corrected chi connectivity index (χ2v) is 14.1. The van der Waals surface area contributed by atoms with E-state index < -0.39 is 16.2 Å². The van der Waals surface area contributed by atoms with Crippen LogP contribution in [0.4, 0.5) is 0 Å². The second-order valence-electron chi connectivity index (χ2n) is 12.5. The summed E-state index contributed by atoms with van der Waals surface area (Å²) in [6.07, 6.45) is 1.61. The van der Waals surface area contributed by atoms with Crippen LogP contribution in [0.25, 0.3) is 11.0 Å². The number of aliphatic hydroxyl groups is 1. The maximum Gasteiger partial charge on any atom is 0.385 e. The molecule has 0 bridgehead atoms. The Balaban J connectivity index is 1.24. The van der Waals surface area contributed by atoms with E-state index in [1.54, 1.807) is 13.0 Å². The number of rotatable bonds is 15. The number of nitrogens with zero attached hydrogens (tertiary/aromatic N) is 4. The van der Waals surface area contributed by atoms with Crippen molar-refractivity contribution in [2.24, 2.45) is 0 Å². The zero-order chi connectivity index (χ0) is 36.8. The largest absolute Gasteiger partial charge is 0.508 e. The molecule has 1 aromatic heterocycles. The molecule has 13 nitrogen and oxygen atoms in total. The van der Waals surface area contributed by atoms with Crippen LogP contribution in [0.5, 0.6) is 23.0 Å². The van der Waals surface area contributed by atoms with Crippen molar-refractivity contribution in [3.8, 4) is 23.0 Å². The molecule has 1 atom stereocenters. The summed E-state index contributed by atoms with van der Waals surface area (Å²) < 4.78 is 51.6. The first kappa shape index (κ1) is 36.6. The Morgan fingerprint density at radius 3 is 2.63 bits per heavy atom. The fraction of sp³-hybridized carbons (Fsp3) is 0.342. The summed E-state index contributed by atoms with van der Waals surface area (Å²) in [6.45, 7) is 4.90. The SMILES string of the molecule is CCOC(=O)CC(c1ccc(OC)c(CN2Cc3cc(O)ccc3OS2(=O)=O)c1)c1ccc2c(nnn2CCCCOc2ccccc2CO)c1C. The van der Waals surface area contributed by atoms with Crippen molar-refractivity contribution in [1.29, 1.82) is 0 Å². The lowest BCUT2D eigenvalue weighted by Gasteiger charge is -2.28. The maximum atomic E-state index is 13.2. The molecule has 4 aromatic carbocycles. The summed E-state index contributed by atoms with van der Waals surface area (Å²) in [5.74, 6) is 0.486. The lowest BCUT2D eigenvalue weighted by molar-refractivity contribution is -0.143. The first-order valence-corrected chi connectivity index (χ1v) is 18.5. The predicted octanol–water partition coefficient (Wildman–Crippen LogP) is 5.53. The highest BCUT2D eigenvalue weighted by Gasteiger charge is 2.33. The van der Waals surface area contributed by atoms with Crippen LogP contribution in [0.2, 0.25) is 0 Å². The molecular formula is C38H42N4O9S. The fourth-order valence-electron chi connectivity index (χ4n) is 6.51. The molecule has 6 rings (SSSR count). The summed E-state index contributed by atoms with van der Waals surface area (Å²) >= 11 is 0. The normalized spacial score (nSPS) is 14.4. The van der Waals surface area contributed by atoms with E-state index in [-0.39, 0.29) is 50.2 Å². The van der Waals surface area contributed by atoms with Crippen molar-refractivity contribution >= 4 is 27.3 Å². The van der Waals surface area contributed by atoms with Gasteiger partial charge < -0.3 is 28.6 Å². The Labute approximate surface area is 302 Å². The number of carbonyl (C=O) groups excluding carboxylic acids is 1. The first-order chi connectivity index (χ1) is 25.1. The van der Waals surface area contributed by atoms with E-state index >= 15 is 0 Å². The van der Waals surface area contributed by atoms with Gasteiger partial charge in [-0.3, -0.25) is 4.79 Å². The van der Waals surface area contributed by atoms with Gasteiger partial charge in [0.05, 0.1) is 38.9 Å². The van der Waals surface area contributed by atoms with E-state index in [1.807, 2.05) is 60.1 Å². The van der Waals surface area contributed by atoms with E-state index in [0.717, 1.165) is 40.6 Å². The molecule has 0 radical (unpaired) electrons. The third-order valence-electron chi connectivity index (χ3n) is 9.15. The highest BCUT2D eigenvalue weighted by molar-refractivity contribution is 7.84. The monoisotopic (exact) mass is 730 g/mol. The molecular weight excluding hydrogens is 689 g/mol. The molecule has 2 heterocycles. The van der Waals surface area contributed by atoms with Crippen molar-refractivity contribution in [1.82, 2.24) is 19.3 Å². The molecule has 0 spiro atoms. The third kappa shape index (κ3) is 7.98. The molecule has 14 heteroatoms. The Morgan fingerprint density at radius 2 is 1.85 bits per heavy atom. The number of ether oxygens (including phenoxy) is 3. The van der Waals surface area contributed by atoms with E-state index in [4.69, 9.17) is 18.4 Å². The zero-order valence-corrected chi connectivity index (χ0v) is 30.1. The van der Waals surface area contributed by atoms with Crippen LogP contribution >= 0.6 is 0 Å². The molecule has 1 aliphatic heterocycles. The van der Waals surface area contributed by atoms with Crippen LogP contribution in [0.1, 0.15) is 65.5 Å². The van der Waals surface area contributed by atoms with Gasteiger partial charge in [-0.1, -0.05) is 41.6 Å². The number of unbranched alkanes of at least 4 members (excludes halogenated alkanes) is 1. The Kier molecular flexibility index (Phi) is 11.3. The topological polar surface area (TPSA) is 163 Å². The zero-order valence-electron chi connectivity index (χ0n) is 29.3. The molecule has 0 amide bonds. The number of methoxy groups -OCH3 is 1. The number of hydrogen-bond acceptors (Lipinski definition) is 11. The minimum Gasteiger partial charge on any atom is -0.508 e. The van der Waals surface area contributed by atoms with Gasteiger partial charge in [-0.2, -0.15) is 12.7 Å².